The van der Waals surface area contributed by atoms with Gasteiger partial charge in [0.2, 0.25) is 0 Å². The van der Waals surface area contributed by atoms with Crippen LogP contribution in [0.15, 0.2) is 35.9 Å². The number of methoxy groups -OCH3 is 1. The summed E-state index contributed by atoms with van der Waals surface area (Å²) in [6.07, 6.45) is 1.77. The quantitative estimate of drug-likeness (QED) is 0.645. The lowest BCUT2D eigenvalue weighted by Crippen LogP contribution is -2.19. The molecule has 0 bridgehead atoms. The van der Waals surface area contributed by atoms with Gasteiger partial charge in [-0.3, -0.25) is 0 Å². The number of hydrogen-bond acceptors (Lipinski definition) is 3. The molecule has 1 atom stereocenters. The molecule has 0 fully saturated rings. The Morgan fingerprint density at radius 2 is 2.06 bits per heavy atom. The lowest BCUT2D eigenvalue weighted by Gasteiger charge is -2.12. The topological polar surface area (TPSA) is 38.3 Å². The Balaban J connectivity index is 2.49. The molecule has 0 saturated heterocycles. The molecule has 0 saturated carbocycles. The van der Waals surface area contributed by atoms with Crippen LogP contribution in [-0.2, 0) is 9.53 Å². The highest BCUT2D eigenvalue weighted by atomic mass is 19.1. The van der Waals surface area contributed by atoms with Gasteiger partial charge in [0.15, 0.2) is 0 Å². The minimum absolute atomic E-state index is 0.0901. The second-order valence-corrected chi connectivity index (χ2v) is 4.06. The average Bonchev–Trinajstić information content (AvgIpc) is 2.38. The summed E-state index contributed by atoms with van der Waals surface area (Å²) in [5.74, 6) is -0.571. The van der Waals surface area contributed by atoms with Crippen LogP contribution < -0.4 is 5.32 Å². The highest BCUT2D eigenvalue weighted by Crippen LogP contribution is 2.12. The van der Waals surface area contributed by atoms with Crippen LogP contribution in [0, 0.1) is 5.82 Å². The van der Waals surface area contributed by atoms with Gasteiger partial charge in [-0.1, -0.05) is 18.2 Å². The first kappa shape index (κ1) is 14.4. The summed E-state index contributed by atoms with van der Waals surface area (Å²) >= 11 is 0. The van der Waals surface area contributed by atoms with E-state index in [-0.39, 0.29) is 17.8 Å². The fourth-order valence-corrected chi connectivity index (χ4v) is 1.50. The maximum Gasteiger partial charge on any atom is 0.333 e. The van der Waals surface area contributed by atoms with Gasteiger partial charge >= 0.3 is 5.97 Å². The molecule has 1 N–H and O–H groups in total. The minimum Gasteiger partial charge on any atom is -0.466 e. The summed E-state index contributed by atoms with van der Waals surface area (Å²) in [5, 5.41) is 3.22. The van der Waals surface area contributed by atoms with Crippen molar-refractivity contribution in [1.82, 2.24) is 5.32 Å². The minimum atomic E-state index is -0.328. The Bertz CT molecular complexity index is 426. The molecule has 0 amide bonds. The standard InChI is InChI=1S/C14H18FNO2/c1-10(14(17)18-3)8-9-16-11(2)12-4-6-13(15)7-5-12/h4-8,11,16H,9H2,1-3H3/b10-8+/t11-/m0/s1. The van der Waals surface area contributed by atoms with Crippen molar-refractivity contribution in [3.05, 3.63) is 47.3 Å². The molecule has 0 radical (unpaired) electrons. The summed E-state index contributed by atoms with van der Waals surface area (Å²) in [6.45, 7) is 4.24. The van der Waals surface area contributed by atoms with Gasteiger partial charge in [0.25, 0.3) is 0 Å². The second kappa shape index (κ2) is 6.91. The number of rotatable bonds is 5. The van der Waals surface area contributed by atoms with E-state index in [0.717, 1.165) is 5.56 Å². The van der Waals surface area contributed by atoms with Crippen LogP contribution in [0.5, 0.6) is 0 Å². The van der Waals surface area contributed by atoms with Gasteiger partial charge in [0.05, 0.1) is 7.11 Å². The molecule has 98 valence electrons. The molecular formula is C14H18FNO2. The van der Waals surface area contributed by atoms with Crippen LogP contribution in [0.1, 0.15) is 25.5 Å². The summed E-state index contributed by atoms with van der Waals surface area (Å²) < 4.78 is 17.3. The van der Waals surface area contributed by atoms with E-state index in [1.54, 1.807) is 25.1 Å². The normalized spacial score (nSPS) is 13.2. The Kier molecular flexibility index (Phi) is 5.52. The van der Waals surface area contributed by atoms with Crippen molar-refractivity contribution in [3.63, 3.8) is 0 Å². The lowest BCUT2D eigenvalue weighted by atomic mass is 10.1. The van der Waals surface area contributed by atoms with Gasteiger partial charge in [-0.2, -0.15) is 0 Å². The molecule has 1 aromatic rings. The van der Waals surface area contributed by atoms with E-state index in [9.17, 15) is 9.18 Å². The predicted molar refractivity (Wildman–Crippen MR) is 68.6 cm³/mol. The zero-order valence-electron chi connectivity index (χ0n) is 10.9. The Labute approximate surface area is 107 Å². The van der Waals surface area contributed by atoms with Gasteiger partial charge in [-0.15, -0.1) is 0 Å². The second-order valence-electron chi connectivity index (χ2n) is 4.06. The maximum atomic E-state index is 12.8. The molecule has 0 aromatic heterocycles. The van der Waals surface area contributed by atoms with Gasteiger partial charge in [0, 0.05) is 18.2 Å². The number of carbonyl (C=O) groups excluding carboxylic acids is 1. The molecule has 0 aliphatic carbocycles. The van der Waals surface area contributed by atoms with Crippen molar-refractivity contribution >= 4 is 5.97 Å². The smallest absolute Gasteiger partial charge is 0.333 e. The lowest BCUT2D eigenvalue weighted by molar-refractivity contribution is -0.136. The number of benzene rings is 1. The molecule has 0 aliphatic heterocycles. The largest absolute Gasteiger partial charge is 0.466 e. The highest BCUT2D eigenvalue weighted by Gasteiger charge is 2.05. The van der Waals surface area contributed by atoms with E-state index in [2.05, 4.69) is 10.1 Å². The average molecular weight is 251 g/mol. The Hall–Kier alpha value is -1.68. The van der Waals surface area contributed by atoms with Crippen LogP contribution in [0.2, 0.25) is 0 Å². The molecule has 4 heteroatoms. The fourth-order valence-electron chi connectivity index (χ4n) is 1.50. The number of esters is 1. The fraction of sp³-hybridized carbons (Fsp3) is 0.357. The van der Waals surface area contributed by atoms with Crippen molar-refractivity contribution in [2.75, 3.05) is 13.7 Å². The van der Waals surface area contributed by atoms with Crippen molar-refractivity contribution in [1.29, 1.82) is 0 Å². The maximum absolute atomic E-state index is 12.8. The summed E-state index contributed by atoms with van der Waals surface area (Å²) in [6, 6.07) is 6.44. The number of ether oxygens (including phenoxy) is 1. The zero-order valence-corrected chi connectivity index (χ0v) is 10.9. The van der Waals surface area contributed by atoms with E-state index in [1.807, 2.05) is 6.92 Å². The highest BCUT2D eigenvalue weighted by molar-refractivity contribution is 5.87. The third-order valence-electron chi connectivity index (χ3n) is 2.71. The zero-order chi connectivity index (χ0) is 13.5. The van der Waals surface area contributed by atoms with E-state index < -0.39 is 0 Å². The van der Waals surface area contributed by atoms with Crippen molar-refractivity contribution in [3.8, 4) is 0 Å². The number of halogens is 1. The van der Waals surface area contributed by atoms with Crippen LogP contribution in [0.25, 0.3) is 0 Å². The third kappa shape index (κ3) is 4.30. The number of hydrogen-bond donors (Lipinski definition) is 1. The first-order chi connectivity index (χ1) is 8.54. The van der Waals surface area contributed by atoms with Crippen molar-refractivity contribution in [2.45, 2.75) is 19.9 Å². The van der Waals surface area contributed by atoms with Crippen LogP contribution in [-0.4, -0.2) is 19.6 Å². The Morgan fingerprint density at radius 1 is 1.44 bits per heavy atom. The van der Waals surface area contributed by atoms with Gasteiger partial charge in [0.1, 0.15) is 5.82 Å². The van der Waals surface area contributed by atoms with Gasteiger partial charge < -0.3 is 10.1 Å². The van der Waals surface area contributed by atoms with Crippen molar-refractivity contribution < 1.29 is 13.9 Å². The first-order valence-corrected chi connectivity index (χ1v) is 5.78. The van der Waals surface area contributed by atoms with E-state index in [0.29, 0.717) is 12.1 Å². The van der Waals surface area contributed by atoms with E-state index in [4.69, 9.17) is 0 Å². The summed E-state index contributed by atoms with van der Waals surface area (Å²) in [7, 11) is 1.36. The molecular weight excluding hydrogens is 233 g/mol. The summed E-state index contributed by atoms with van der Waals surface area (Å²) in [4.78, 5) is 11.1. The number of carbonyl (C=O) groups is 1. The molecule has 0 spiro atoms. The van der Waals surface area contributed by atoms with Crippen LogP contribution >= 0.6 is 0 Å². The molecule has 0 aliphatic rings. The van der Waals surface area contributed by atoms with Gasteiger partial charge in [-0.25, -0.2) is 9.18 Å². The molecule has 1 rings (SSSR count). The SMILES string of the molecule is COC(=O)/C(C)=C/CN[C@@H](C)c1ccc(F)cc1. The first-order valence-electron chi connectivity index (χ1n) is 5.78. The molecule has 18 heavy (non-hydrogen) atoms. The summed E-state index contributed by atoms with van der Waals surface area (Å²) in [5.41, 5.74) is 1.57. The van der Waals surface area contributed by atoms with E-state index in [1.165, 1.54) is 19.2 Å². The number of nitrogens with one attached hydrogen (secondary N) is 1. The third-order valence-corrected chi connectivity index (χ3v) is 2.71. The molecule has 0 heterocycles. The monoisotopic (exact) mass is 251 g/mol. The van der Waals surface area contributed by atoms with Crippen molar-refractivity contribution in [2.24, 2.45) is 0 Å². The van der Waals surface area contributed by atoms with Crippen LogP contribution in [0.4, 0.5) is 4.39 Å². The molecule has 3 nitrogen and oxygen atoms in total. The van der Waals surface area contributed by atoms with E-state index >= 15 is 0 Å². The van der Waals surface area contributed by atoms with Crippen LogP contribution in [0.3, 0.4) is 0 Å². The molecule has 1 aromatic carbocycles. The molecule has 0 unspecified atom stereocenters. The Morgan fingerprint density at radius 3 is 2.61 bits per heavy atom. The van der Waals surface area contributed by atoms with Gasteiger partial charge in [-0.05, 0) is 31.5 Å². The predicted octanol–water partition coefficient (Wildman–Crippen LogP) is 2.60.